The molecule has 0 radical (unpaired) electrons. The van der Waals surface area contributed by atoms with Crippen molar-refractivity contribution in [1.29, 1.82) is 0 Å². The minimum Gasteiger partial charge on any atom is -0.443 e. The lowest BCUT2D eigenvalue weighted by Crippen LogP contribution is -2.59. The molecule has 2 atom stereocenters. The van der Waals surface area contributed by atoms with Gasteiger partial charge in [-0.1, -0.05) is 0 Å². The molecule has 4 saturated carbocycles. The van der Waals surface area contributed by atoms with E-state index in [1.54, 1.807) is 11.8 Å². The molecule has 2 unspecified atom stereocenters. The van der Waals surface area contributed by atoms with E-state index in [9.17, 15) is 19.7 Å². The Balaban J connectivity index is 1.25. The van der Waals surface area contributed by atoms with Crippen LogP contribution in [0.1, 0.15) is 38.5 Å². The number of hydrogen-bond acceptors (Lipinski definition) is 8. The quantitative estimate of drug-likeness (QED) is 0.223. The van der Waals surface area contributed by atoms with Crippen LogP contribution in [-0.2, 0) is 9.47 Å². The van der Waals surface area contributed by atoms with Gasteiger partial charge in [0, 0.05) is 29.1 Å². The number of carbonyl (C=O) groups is 2. The third-order valence-corrected chi connectivity index (χ3v) is 7.69. The lowest BCUT2D eigenvalue weighted by molar-refractivity contribution is -0.384. The first-order valence-corrected chi connectivity index (χ1v) is 11.0. The molecule has 0 aliphatic heterocycles. The highest BCUT2D eigenvalue weighted by molar-refractivity contribution is 8.00. The summed E-state index contributed by atoms with van der Waals surface area (Å²) in [6.07, 6.45) is 4.41. The normalized spacial score (nSPS) is 31.2. The zero-order valence-corrected chi connectivity index (χ0v) is 17.2. The molecule has 1 amide bonds. The number of hydrogen-bond donors (Lipinski definition) is 1. The Hall–Kier alpha value is -2.49. The van der Waals surface area contributed by atoms with Crippen molar-refractivity contribution in [2.45, 2.75) is 48.9 Å². The zero-order valence-electron chi connectivity index (χ0n) is 16.4. The molecular formula is C20H24N2O7S. The van der Waals surface area contributed by atoms with Crippen molar-refractivity contribution >= 4 is 29.7 Å². The van der Waals surface area contributed by atoms with Gasteiger partial charge < -0.3 is 19.9 Å². The van der Waals surface area contributed by atoms with E-state index in [2.05, 4.69) is 0 Å². The largest absolute Gasteiger partial charge is 0.513 e. The fourth-order valence-electron chi connectivity index (χ4n) is 5.74. The summed E-state index contributed by atoms with van der Waals surface area (Å²) in [4.78, 5) is 33.4. The van der Waals surface area contributed by atoms with Crippen molar-refractivity contribution in [3.63, 3.8) is 0 Å². The first kappa shape index (κ1) is 20.8. The lowest BCUT2D eigenvalue weighted by atomic mass is 9.53. The van der Waals surface area contributed by atoms with Crippen molar-refractivity contribution in [2.24, 2.45) is 17.6 Å². The molecule has 4 bridgehead atoms. The van der Waals surface area contributed by atoms with E-state index in [1.807, 2.05) is 0 Å². The van der Waals surface area contributed by atoms with Crippen LogP contribution in [0.3, 0.4) is 0 Å². The highest BCUT2D eigenvalue weighted by atomic mass is 32.2. The summed E-state index contributed by atoms with van der Waals surface area (Å²) < 4.78 is 15.8. The molecule has 4 aliphatic rings. The molecule has 4 fully saturated rings. The van der Waals surface area contributed by atoms with Gasteiger partial charge in [-0.15, -0.1) is 0 Å². The second-order valence-corrected chi connectivity index (χ2v) is 10.1. The minimum absolute atomic E-state index is 0.0329. The van der Waals surface area contributed by atoms with E-state index in [4.69, 9.17) is 19.9 Å². The summed E-state index contributed by atoms with van der Waals surface area (Å²) in [5.41, 5.74) is 4.81. The number of nitro groups is 1. The summed E-state index contributed by atoms with van der Waals surface area (Å²) in [5, 5.41) is 10.7. The maximum Gasteiger partial charge on any atom is 0.513 e. The summed E-state index contributed by atoms with van der Waals surface area (Å²) in [5.74, 6) is 1.89. The van der Waals surface area contributed by atoms with Gasteiger partial charge in [0.1, 0.15) is 18.0 Å². The van der Waals surface area contributed by atoms with Crippen LogP contribution in [0.15, 0.2) is 24.3 Å². The van der Waals surface area contributed by atoms with Gasteiger partial charge in [0.15, 0.2) is 0 Å². The summed E-state index contributed by atoms with van der Waals surface area (Å²) >= 11 is 1.77. The van der Waals surface area contributed by atoms with E-state index >= 15 is 0 Å². The van der Waals surface area contributed by atoms with E-state index in [1.165, 1.54) is 30.7 Å². The van der Waals surface area contributed by atoms with Crippen LogP contribution in [0.25, 0.3) is 0 Å². The fraction of sp³-hybridized carbons (Fsp3) is 0.600. The number of rotatable bonds is 7. The Labute approximate surface area is 177 Å². The molecule has 0 saturated heterocycles. The average molecular weight is 436 g/mol. The van der Waals surface area contributed by atoms with Crippen LogP contribution in [0.5, 0.6) is 5.75 Å². The van der Waals surface area contributed by atoms with Crippen molar-refractivity contribution in [3.8, 4) is 5.75 Å². The highest BCUT2D eigenvalue weighted by Gasteiger charge is 2.59. The average Bonchev–Trinajstić information content (AvgIpc) is 2.63. The van der Waals surface area contributed by atoms with Gasteiger partial charge in [0.2, 0.25) is 0 Å². The van der Waals surface area contributed by atoms with Crippen molar-refractivity contribution < 1.29 is 28.7 Å². The Morgan fingerprint density at radius 1 is 1.17 bits per heavy atom. The molecule has 1 aromatic rings. The molecule has 0 spiro atoms. The molecule has 0 aromatic heterocycles. The van der Waals surface area contributed by atoms with Gasteiger partial charge >= 0.3 is 12.2 Å². The second-order valence-electron chi connectivity index (χ2n) is 8.55. The van der Waals surface area contributed by atoms with Gasteiger partial charge in [0.25, 0.3) is 5.69 Å². The lowest BCUT2D eigenvalue weighted by Gasteiger charge is -2.60. The number of amides is 1. The zero-order chi connectivity index (χ0) is 21.4. The molecular weight excluding hydrogens is 412 g/mol. The molecule has 9 nitrogen and oxygen atoms in total. The molecule has 0 heterocycles. The summed E-state index contributed by atoms with van der Waals surface area (Å²) in [6.45, 7) is 0.192. The topological polar surface area (TPSA) is 131 Å². The van der Waals surface area contributed by atoms with E-state index in [0.717, 1.165) is 32.1 Å². The number of ether oxygens (including phenoxy) is 3. The molecule has 1 aromatic carbocycles. The van der Waals surface area contributed by atoms with Gasteiger partial charge in [-0.3, -0.25) is 10.1 Å². The first-order valence-electron chi connectivity index (χ1n) is 9.98. The second kappa shape index (κ2) is 7.98. The Bertz CT molecular complexity index is 830. The summed E-state index contributed by atoms with van der Waals surface area (Å²) in [7, 11) is 0. The molecule has 162 valence electrons. The number of non-ortho nitro benzene ring substituents is 1. The Kier molecular flexibility index (Phi) is 5.52. The number of primary amides is 1. The van der Waals surface area contributed by atoms with E-state index in [0.29, 0.717) is 17.6 Å². The monoisotopic (exact) mass is 436 g/mol. The predicted molar refractivity (Wildman–Crippen MR) is 108 cm³/mol. The van der Waals surface area contributed by atoms with Crippen molar-refractivity contribution in [3.05, 3.63) is 34.4 Å². The van der Waals surface area contributed by atoms with Gasteiger partial charge in [-0.25, -0.2) is 9.59 Å². The van der Waals surface area contributed by atoms with Crippen LogP contribution in [0, 0.1) is 22.0 Å². The SMILES string of the molecule is NC(=O)OC12CC3CC(C1)CC(SCCOC(=O)Oc1ccc([N+](=O)[O-])cc1)(C3)C2. The minimum atomic E-state index is -0.844. The number of nitrogens with two attached hydrogens (primary N) is 1. The summed E-state index contributed by atoms with van der Waals surface area (Å²) in [6, 6.07) is 5.22. The number of thioether (sulfide) groups is 1. The third kappa shape index (κ3) is 4.48. The van der Waals surface area contributed by atoms with E-state index < -0.39 is 22.8 Å². The Morgan fingerprint density at radius 2 is 1.83 bits per heavy atom. The standard InChI is InChI=1S/C20H24N2O7S/c21-17(23)29-19-8-13-7-14(9-19)11-20(10-13,12-19)30-6-5-27-18(24)28-16-3-1-15(2-4-16)22(25)26/h1-4,13-14H,5-12H2,(H2,21,23). The van der Waals surface area contributed by atoms with Crippen molar-refractivity contribution in [2.75, 3.05) is 12.4 Å². The first-order chi connectivity index (χ1) is 14.3. The third-order valence-electron chi connectivity index (χ3n) is 6.23. The number of carbonyl (C=O) groups excluding carboxylic acids is 2. The van der Waals surface area contributed by atoms with Gasteiger partial charge in [0.05, 0.1) is 4.92 Å². The highest BCUT2D eigenvalue weighted by Crippen LogP contribution is 2.63. The van der Waals surface area contributed by atoms with Gasteiger partial charge in [-0.2, -0.15) is 11.8 Å². The molecule has 4 aliphatic carbocycles. The van der Waals surface area contributed by atoms with Crippen LogP contribution >= 0.6 is 11.8 Å². The van der Waals surface area contributed by atoms with Gasteiger partial charge in [-0.05, 0) is 56.1 Å². The number of benzene rings is 1. The fourth-order valence-corrected chi connectivity index (χ4v) is 7.41. The van der Waals surface area contributed by atoms with E-state index in [-0.39, 0.29) is 22.8 Å². The molecule has 5 rings (SSSR count). The smallest absolute Gasteiger partial charge is 0.443 e. The van der Waals surface area contributed by atoms with Crippen molar-refractivity contribution in [1.82, 2.24) is 0 Å². The maximum atomic E-state index is 11.9. The number of nitro benzene ring substituents is 1. The van der Waals surface area contributed by atoms with Crippen LogP contribution in [0.2, 0.25) is 0 Å². The number of nitrogens with zero attached hydrogens (tertiary/aromatic N) is 1. The maximum absolute atomic E-state index is 11.9. The van der Waals surface area contributed by atoms with Crippen LogP contribution in [-0.4, -0.2) is 39.9 Å². The molecule has 10 heteroatoms. The predicted octanol–water partition coefficient (Wildman–Crippen LogP) is 4.03. The molecule has 2 N–H and O–H groups in total. The van der Waals surface area contributed by atoms with Crippen LogP contribution < -0.4 is 10.5 Å². The molecule has 30 heavy (non-hydrogen) atoms. The Morgan fingerprint density at radius 3 is 2.43 bits per heavy atom. The van der Waals surface area contributed by atoms with Crippen LogP contribution in [0.4, 0.5) is 15.3 Å².